The van der Waals surface area contributed by atoms with Crippen molar-refractivity contribution >= 4 is 23.2 Å². The number of Topliss-reactive ketones (excluding diaryl/α,β-unsaturated/α-hetero) is 2. The first-order valence-corrected chi connectivity index (χ1v) is 4.72. The fraction of sp³-hybridized carbons (Fsp3) is 0.200. The van der Waals surface area contributed by atoms with Crippen LogP contribution in [0.4, 0.5) is 17.6 Å². The van der Waals surface area contributed by atoms with Crippen LogP contribution in [0.5, 0.6) is 0 Å². The molecule has 0 aromatic heterocycles. The van der Waals surface area contributed by atoms with Gasteiger partial charge in [-0.3, -0.25) is 9.59 Å². The van der Waals surface area contributed by atoms with Crippen molar-refractivity contribution in [3.8, 4) is 0 Å². The molecule has 0 saturated heterocycles. The number of hydrogen-bond donors (Lipinski definition) is 0. The molecule has 0 spiro atoms. The quantitative estimate of drug-likeness (QED) is 0.366. The first-order valence-electron chi connectivity index (χ1n) is 4.28. The molecule has 0 heterocycles. The van der Waals surface area contributed by atoms with Gasteiger partial charge in [-0.1, -0.05) is 0 Å². The first kappa shape index (κ1) is 13.6. The van der Waals surface area contributed by atoms with E-state index >= 15 is 0 Å². The number of halogens is 5. The lowest BCUT2D eigenvalue weighted by Gasteiger charge is -2.10. The molecule has 2 nitrogen and oxygen atoms in total. The lowest BCUT2D eigenvalue weighted by atomic mass is 10.1. The number of hydrogen-bond acceptors (Lipinski definition) is 2. The standard InChI is InChI=1S/C10H5ClF4O2/c11-7(9(17)10(13,14)15)8(16)5-1-3-6(12)4-2-5/h1-4,7H. The molecular weight excluding hydrogens is 264 g/mol. The Morgan fingerprint density at radius 3 is 2.00 bits per heavy atom. The summed E-state index contributed by atoms with van der Waals surface area (Å²) < 4.78 is 48.5. The molecule has 0 bridgehead atoms. The minimum Gasteiger partial charge on any atom is -0.292 e. The van der Waals surface area contributed by atoms with Crippen molar-refractivity contribution in [1.82, 2.24) is 0 Å². The van der Waals surface area contributed by atoms with E-state index in [1.54, 1.807) is 0 Å². The highest BCUT2D eigenvalue weighted by Gasteiger charge is 2.45. The Labute approximate surface area is 98.2 Å². The van der Waals surface area contributed by atoms with Crippen LogP contribution in [0.15, 0.2) is 24.3 Å². The predicted molar refractivity (Wildman–Crippen MR) is 51.4 cm³/mol. The van der Waals surface area contributed by atoms with Crippen molar-refractivity contribution in [3.63, 3.8) is 0 Å². The molecular formula is C10H5ClF4O2. The summed E-state index contributed by atoms with van der Waals surface area (Å²) in [6, 6.07) is 3.68. The maximum atomic E-state index is 12.5. The van der Waals surface area contributed by atoms with E-state index in [0.717, 1.165) is 24.3 Å². The molecule has 0 saturated carbocycles. The Kier molecular flexibility index (Phi) is 3.87. The van der Waals surface area contributed by atoms with E-state index in [0.29, 0.717) is 0 Å². The van der Waals surface area contributed by atoms with E-state index in [1.165, 1.54) is 0 Å². The van der Waals surface area contributed by atoms with Gasteiger partial charge in [-0.25, -0.2) is 4.39 Å². The highest BCUT2D eigenvalue weighted by Crippen LogP contribution is 2.22. The smallest absolute Gasteiger partial charge is 0.292 e. The molecule has 0 aliphatic heterocycles. The first-order chi connectivity index (χ1) is 7.73. The summed E-state index contributed by atoms with van der Waals surface area (Å²) in [5, 5.41) is -2.35. The second-order valence-corrected chi connectivity index (χ2v) is 3.53. The third kappa shape index (κ3) is 3.26. The number of carbonyl (C=O) groups excluding carboxylic acids is 2. The zero-order chi connectivity index (χ0) is 13.2. The van der Waals surface area contributed by atoms with Crippen molar-refractivity contribution in [2.45, 2.75) is 11.6 Å². The number of rotatable bonds is 3. The molecule has 17 heavy (non-hydrogen) atoms. The van der Waals surface area contributed by atoms with Gasteiger partial charge in [-0.2, -0.15) is 13.2 Å². The van der Waals surface area contributed by atoms with Gasteiger partial charge < -0.3 is 0 Å². The van der Waals surface area contributed by atoms with Crippen LogP contribution in [0.25, 0.3) is 0 Å². The molecule has 7 heteroatoms. The van der Waals surface area contributed by atoms with Gasteiger partial charge in [-0.15, -0.1) is 11.6 Å². The van der Waals surface area contributed by atoms with Gasteiger partial charge in [0.25, 0.3) is 5.78 Å². The summed E-state index contributed by atoms with van der Waals surface area (Å²) in [7, 11) is 0. The van der Waals surface area contributed by atoms with E-state index in [-0.39, 0.29) is 5.56 Å². The second kappa shape index (κ2) is 4.83. The van der Waals surface area contributed by atoms with Gasteiger partial charge in [0, 0.05) is 5.56 Å². The summed E-state index contributed by atoms with van der Waals surface area (Å²) in [5.74, 6) is -4.21. The molecule has 92 valence electrons. The fourth-order valence-corrected chi connectivity index (χ4v) is 1.27. The largest absolute Gasteiger partial charge is 0.452 e. The Morgan fingerprint density at radius 2 is 1.59 bits per heavy atom. The Bertz CT molecular complexity index is 439. The van der Waals surface area contributed by atoms with Gasteiger partial charge >= 0.3 is 6.18 Å². The maximum Gasteiger partial charge on any atom is 0.452 e. The van der Waals surface area contributed by atoms with Crippen LogP contribution < -0.4 is 0 Å². The van der Waals surface area contributed by atoms with E-state index in [4.69, 9.17) is 11.6 Å². The monoisotopic (exact) mass is 268 g/mol. The number of ketones is 2. The van der Waals surface area contributed by atoms with Crippen molar-refractivity contribution in [3.05, 3.63) is 35.6 Å². The number of alkyl halides is 4. The zero-order valence-corrected chi connectivity index (χ0v) is 8.85. The van der Waals surface area contributed by atoms with Gasteiger partial charge in [0.15, 0.2) is 11.2 Å². The van der Waals surface area contributed by atoms with Crippen LogP contribution >= 0.6 is 11.6 Å². The van der Waals surface area contributed by atoms with Crippen molar-refractivity contribution in [1.29, 1.82) is 0 Å². The van der Waals surface area contributed by atoms with E-state index in [1.807, 2.05) is 0 Å². The van der Waals surface area contributed by atoms with Gasteiger partial charge in [0.2, 0.25) is 0 Å². The molecule has 1 aromatic carbocycles. The molecule has 1 aromatic rings. The molecule has 1 atom stereocenters. The molecule has 1 rings (SSSR count). The van der Waals surface area contributed by atoms with Crippen LogP contribution in [-0.4, -0.2) is 23.1 Å². The van der Waals surface area contributed by atoms with Crippen LogP contribution in [0.3, 0.4) is 0 Å². The summed E-state index contributed by atoms with van der Waals surface area (Å²) in [6.45, 7) is 0. The van der Waals surface area contributed by atoms with Gasteiger partial charge in [-0.05, 0) is 24.3 Å². The Morgan fingerprint density at radius 1 is 1.12 bits per heavy atom. The average Bonchev–Trinajstić information content (AvgIpc) is 2.26. The van der Waals surface area contributed by atoms with Crippen LogP contribution in [-0.2, 0) is 4.79 Å². The van der Waals surface area contributed by atoms with Crippen molar-refractivity contribution < 1.29 is 27.2 Å². The Hall–Kier alpha value is -1.43. The van der Waals surface area contributed by atoms with Crippen molar-refractivity contribution in [2.24, 2.45) is 0 Å². The van der Waals surface area contributed by atoms with Gasteiger partial charge in [0.1, 0.15) is 5.82 Å². The van der Waals surface area contributed by atoms with Gasteiger partial charge in [0.05, 0.1) is 0 Å². The SMILES string of the molecule is O=C(c1ccc(F)cc1)C(Cl)C(=O)C(F)(F)F. The molecule has 0 aliphatic rings. The molecule has 0 amide bonds. The molecule has 0 fully saturated rings. The molecule has 0 aliphatic carbocycles. The highest BCUT2D eigenvalue weighted by molar-refractivity contribution is 6.45. The highest BCUT2D eigenvalue weighted by atomic mass is 35.5. The van der Waals surface area contributed by atoms with E-state index < -0.39 is 28.9 Å². The third-order valence-corrected chi connectivity index (χ3v) is 2.26. The van der Waals surface area contributed by atoms with Crippen LogP contribution in [0.1, 0.15) is 10.4 Å². The normalized spacial score (nSPS) is 13.2. The van der Waals surface area contributed by atoms with Crippen LogP contribution in [0.2, 0.25) is 0 Å². The maximum absolute atomic E-state index is 12.5. The topological polar surface area (TPSA) is 34.1 Å². The molecule has 0 radical (unpaired) electrons. The van der Waals surface area contributed by atoms with E-state index in [2.05, 4.69) is 0 Å². The Balaban J connectivity index is 2.91. The summed E-state index contributed by atoms with van der Waals surface area (Å²) in [4.78, 5) is 22.1. The number of carbonyl (C=O) groups is 2. The average molecular weight is 269 g/mol. The zero-order valence-electron chi connectivity index (χ0n) is 8.09. The lowest BCUT2D eigenvalue weighted by molar-refractivity contribution is -0.169. The second-order valence-electron chi connectivity index (χ2n) is 3.10. The molecule has 1 unspecified atom stereocenters. The van der Waals surface area contributed by atoms with Crippen LogP contribution in [0, 0.1) is 5.82 Å². The fourth-order valence-electron chi connectivity index (χ4n) is 1.02. The van der Waals surface area contributed by atoms with Crippen molar-refractivity contribution in [2.75, 3.05) is 0 Å². The number of benzene rings is 1. The summed E-state index contributed by atoms with van der Waals surface area (Å²) in [5.41, 5.74) is -0.260. The molecule has 0 N–H and O–H groups in total. The minimum absolute atomic E-state index is 0.260. The summed E-state index contributed by atoms with van der Waals surface area (Å²) in [6.07, 6.45) is -5.18. The minimum atomic E-state index is -5.18. The van der Waals surface area contributed by atoms with E-state index in [9.17, 15) is 27.2 Å². The third-order valence-electron chi connectivity index (χ3n) is 1.87. The lowest BCUT2D eigenvalue weighted by Crippen LogP contribution is -2.36. The predicted octanol–water partition coefficient (Wildman–Crippen LogP) is 2.75. The summed E-state index contributed by atoms with van der Waals surface area (Å²) >= 11 is 5.13.